The quantitative estimate of drug-likeness (QED) is 0.630. The topological polar surface area (TPSA) is 78.0 Å². The number of hydrogen-bond donors (Lipinski definition) is 0. The first-order valence-electron chi connectivity index (χ1n) is 10.7. The lowest BCUT2D eigenvalue weighted by Gasteiger charge is -2.40. The van der Waals surface area contributed by atoms with E-state index in [1.807, 2.05) is 0 Å². The summed E-state index contributed by atoms with van der Waals surface area (Å²) in [7, 11) is -3.12. The maximum Gasteiger partial charge on any atom is 0.251 e. The smallest absolute Gasteiger partial charge is 0.251 e. The van der Waals surface area contributed by atoms with Crippen LogP contribution in [0.4, 0.5) is 10.1 Å². The van der Waals surface area contributed by atoms with Gasteiger partial charge in [-0.15, -0.1) is 0 Å². The predicted octanol–water partition coefficient (Wildman–Crippen LogP) is 2.49. The van der Waals surface area contributed by atoms with Crippen LogP contribution in [-0.2, 0) is 19.6 Å². The minimum atomic E-state index is -3.12. The Bertz CT molecular complexity index is 973. The van der Waals surface area contributed by atoms with Crippen LogP contribution in [0.5, 0.6) is 0 Å². The van der Waals surface area contributed by atoms with E-state index in [9.17, 15) is 22.4 Å². The normalized spacial score (nSPS) is 25.5. The molecule has 0 bridgehead atoms. The average Bonchev–Trinajstić information content (AvgIpc) is 3.04. The van der Waals surface area contributed by atoms with E-state index < -0.39 is 21.9 Å². The maximum absolute atomic E-state index is 13.5. The number of carbonyl (C=O) groups is 2. The molecule has 3 heterocycles. The Kier molecular flexibility index (Phi) is 6.40. The summed E-state index contributed by atoms with van der Waals surface area (Å²) in [6.07, 6.45) is 4.99. The molecule has 3 aliphatic heterocycles. The van der Waals surface area contributed by atoms with Crippen molar-refractivity contribution in [1.82, 2.24) is 9.21 Å². The highest BCUT2D eigenvalue weighted by Crippen LogP contribution is 2.35. The van der Waals surface area contributed by atoms with Crippen molar-refractivity contribution >= 4 is 39.1 Å². The summed E-state index contributed by atoms with van der Waals surface area (Å²) in [6.45, 7) is 2.63. The van der Waals surface area contributed by atoms with Gasteiger partial charge in [0.15, 0.2) is 0 Å². The van der Waals surface area contributed by atoms with E-state index in [-0.39, 0.29) is 23.3 Å². The number of halogens is 2. The van der Waals surface area contributed by atoms with Crippen LogP contribution in [0.15, 0.2) is 18.2 Å². The third-order valence-corrected chi connectivity index (χ3v) is 8.53. The number of piperidine rings is 2. The van der Waals surface area contributed by atoms with Gasteiger partial charge in [0, 0.05) is 13.1 Å². The van der Waals surface area contributed by atoms with Crippen molar-refractivity contribution in [2.75, 3.05) is 37.3 Å². The third-order valence-electron chi connectivity index (χ3n) is 6.93. The number of imide groups is 1. The number of rotatable bonds is 4. The van der Waals surface area contributed by atoms with Crippen LogP contribution < -0.4 is 4.90 Å². The third kappa shape index (κ3) is 4.65. The number of nitrogens with zero attached hydrogens (tertiary/aromatic N) is 3. The first kappa shape index (κ1) is 22.6. The van der Waals surface area contributed by atoms with Crippen molar-refractivity contribution in [2.45, 2.75) is 38.1 Å². The number of anilines is 1. The Balaban J connectivity index is 1.34. The number of hydrogen-bond acceptors (Lipinski definition) is 5. The van der Waals surface area contributed by atoms with Crippen LogP contribution in [0.1, 0.15) is 32.1 Å². The zero-order valence-corrected chi connectivity index (χ0v) is 19.0. The molecule has 0 saturated carbocycles. The Hall–Kier alpha value is -1.55. The molecular weight excluding hydrogens is 445 g/mol. The summed E-state index contributed by atoms with van der Waals surface area (Å²) in [5, 5.41) is -0.121. The Morgan fingerprint density at radius 3 is 2.13 bits per heavy atom. The van der Waals surface area contributed by atoms with E-state index in [4.69, 9.17) is 11.6 Å². The van der Waals surface area contributed by atoms with Crippen molar-refractivity contribution in [1.29, 1.82) is 0 Å². The summed E-state index contributed by atoms with van der Waals surface area (Å²) in [4.78, 5) is 28.7. The van der Waals surface area contributed by atoms with Crippen LogP contribution in [0, 0.1) is 17.7 Å². The second-order valence-corrected chi connectivity index (χ2v) is 11.1. The highest BCUT2D eigenvalue weighted by molar-refractivity contribution is 7.88. The fraction of sp³-hybridized carbons (Fsp3) is 0.619. The summed E-state index contributed by atoms with van der Waals surface area (Å²) in [5.41, 5.74) is 0.302. The van der Waals surface area contributed by atoms with Gasteiger partial charge in [0.2, 0.25) is 15.9 Å². The molecule has 7 nitrogen and oxygen atoms in total. The fourth-order valence-electron chi connectivity index (χ4n) is 5.18. The van der Waals surface area contributed by atoms with E-state index >= 15 is 0 Å². The molecule has 31 heavy (non-hydrogen) atoms. The molecule has 0 radical (unpaired) electrons. The van der Waals surface area contributed by atoms with Crippen molar-refractivity contribution in [2.24, 2.45) is 11.8 Å². The Morgan fingerprint density at radius 1 is 1.00 bits per heavy atom. The molecule has 1 aromatic carbocycles. The van der Waals surface area contributed by atoms with E-state index in [0.717, 1.165) is 49.7 Å². The molecule has 3 saturated heterocycles. The van der Waals surface area contributed by atoms with Crippen LogP contribution >= 0.6 is 11.6 Å². The zero-order chi connectivity index (χ0) is 22.3. The van der Waals surface area contributed by atoms with E-state index in [0.29, 0.717) is 30.6 Å². The standard InChI is InChI=1S/C21H27ClFN3O4S/c1-31(29,30)25-10-6-15(7-11-25)14-4-8-24(9-5-14)19-13-20(27)26(21(19)28)16-2-3-18(23)17(22)12-16/h2-3,12,14-15,19H,4-11,13H2,1H3/t19-/m1/s1. The Morgan fingerprint density at radius 2 is 1.58 bits per heavy atom. The number of carbonyl (C=O) groups excluding carboxylic acids is 2. The monoisotopic (exact) mass is 471 g/mol. The molecule has 3 aliphatic rings. The summed E-state index contributed by atoms with van der Waals surface area (Å²) >= 11 is 5.83. The van der Waals surface area contributed by atoms with Gasteiger partial charge in [-0.2, -0.15) is 0 Å². The molecule has 1 aromatic rings. The number of likely N-dealkylation sites (tertiary alicyclic amines) is 1. The van der Waals surface area contributed by atoms with Gasteiger partial charge in [0.1, 0.15) is 5.82 Å². The lowest BCUT2D eigenvalue weighted by Crippen LogP contribution is -2.47. The molecular formula is C21H27ClFN3O4S. The molecule has 0 aromatic heterocycles. The maximum atomic E-state index is 13.5. The molecule has 2 amide bonds. The summed E-state index contributed by atoms with van der Waals surface area (Å²) < 4.78 is 38.4. The van der Waals surface area contributed by atoms with Gasteiger partial charge in [0.25, 0.3) is 5.91 Å². The fourth-order valence-corrected chi connectivity index (χ4v) is 6.23. The van der Waals surface area contributed by atoms with Gasteiger partial charge in [0.05, 0.1) is 29.4 Å². The summed E-state index contributed by atoms with van der Waals surface area (Å²) in [5.74, 6) is -0.165. The molecule has 170 valence electrons. The van der Waals surface area contributed by atoms with Crippen molar-refractivity contribution < 1.29 is 22.4 Å². The van der Waals surface area contributed by atoms with Crippen LogP contribution in [-0.4, -0.2) is 67.9 Å². The molecule has 4 rings (SSSR count). The van der Waals surface area contributed by atoms with Gasteiger partial charge >= 0.3 is 0 Å². The van der Waals surface area contributed by atoms with Gasteiger partial charge in [-0.25, -0.2) is 22.0 Å². The zero-order valence-electron chi connectivity index (χ0n) is 17.5. The number of sulfonamides is 1. The second kappa shape index (κ2) is 8.77. The molecule has 3 fully saturated rings. The number of benzene rings is 1. The molecule has 1 atom stereocenters. The van der Waals surface area contributed by atoms with E-state index in [2.05, 4.69) is 4.90 Å². The van der Waals surface area contributed by atoms with E-state index in [1.165, 1.54) is 18.4 Å². The van der Waals surface area contributed by atoms with Gasteiger partial charge < -0.3 is 0 Å². The highest BCUT2D eigenvalue weighted by atomic mass is 35.5. The van der Waals surface area contributed by atoms with Crippen molar-refractivity contribution in [3.63, 3.8) is 0 Å². The molecule has 0 spiro atoms. The van der Waals surface area contributed by atoms with Crippen LogP contribution in [0.3, 0.4) is 0 Å². The highest BCUT2D eigenvalue weighted by Gasteiger charge is 2.44. The molecule has 0 unspecified atom stereocenters. The lowest BCUT2D eigenvalue weighted by atomic mass is 9.79. The van der Waals surface area contributed by atoms with Crippen molar-refractivity contribution in [3.05, 3.63) is 29.0 Å². The number of amides is 2. The second-order valence-electron chi connectivity index (χ2n) is 8.76. The SMILES string of the molecule is CS(=O)(=O)N1CCC(C2CCN([C@@H]3CC(=O)N(c4ccc(F)c(Cl)c4)C3=O)CC2)CC1. The van der Waals surface area contributed by atoms with Crippen molar-refractivity contribution in [3.8, 4) is 0 Å². The predicted molar refractivity (Wildman–Crippen MR) is 116 cm³/mol. The first-order valence-corrected chi connectivity index (χ1v) is 12.9. The van der Waals surface area contributed by atoms with Gasteiger partial charge in [-0.05, 0) is 68.8 Å². The minimum absolute atomic E-state index is 0.116. The van der Waals surface area contributed by atoms with Gasteiger partial charge in [-0.1, -0.05) is 11.6 Å². The van der Waals surface area contributed by atoms with Gasteiger partial charge in [-0.3, -0.25) is 14.5 Å². The first-order chi connectivity index (χ1) is 14.6. The van der Waals surface area contributed by atoms with Crippen LogP contribution in [0.2, 0.25) is 5.02 Å². The Labute approximate surface area is 187 Å². The van der Waals surface area contributed by atoms with Crippen LogP contribution in [0.25, 0.3) is 0 Å². The summed E-state index contributed by atoms with van der Waals surface area (Å²) in [6, 6.07) is 3.37. The minimum Gasteiger partial charge on any atom is -0.292 e. The lowest BCUT2D eigenvalue weighted by molar-refractivity contribution is -0.123. The van der Waals surface area contributed by atoms with E-state index in [1.54, 1.807) is 4.31 Å². The largest absolute Gasteiger partial charge is 0.292 e. The average molecular weight is 472 g/mol. The molecule has 0 N–H and O–H groups in total. The molecule has 10 heteroatoms. The molecule has 0 aliphatic carbocycles.